The Labute approximate surface area is 123 Å². The highest BCUT2D eigenvalue weighted by molar-refractivity contribution is 7.26. The van der Waals surface area contributed by atoms with Crippen LogP contribution < -0.4 is 5.32 Å². The van der Waals surface area contributed by atoms with Crippen molar-refractivity contribution >= 4 is 38.8 Å². The average molecular weight is 304 g/mol. The van der Waals surface area contributed by atoms with Crippen molar-refractivity contribution in [3.05, 3.63) is 41.3 Å². The van der Waals surface area contributed by atoms with Crippen LogP contribution in [0, 0.1) is 0 Å². The van der Waals surface area contributed by atoms with Gasteiger partial charge in [-0.05, 0) is 24.3 Å². The van der Waals surface area contributed by atoms with Gasteiger partial charge < -0.3 is 10.4 Å². The fourth-order valence-electron chi connectivity index (χ4n) is 1.81. The van der Waals surface area contributed by atoms with Gasteiger partial charge in [0.1, 0.15) is 5.01 Å². The van der Waals surface area contributed by atoms with Crippen LogP contribution in [0.2, 0.25) is 0 Å². The fourth-order valence-corrected chi connectivity index (χ4v) is 3.75. The molecule has 20 heavy (non-hydrogen) atoms. The van der Waals surface area contributed by atoms with E-state index in [4.69, 9.17) is 5.11 Å². The third-order valence-corrected chi connectivity index (χ3v) is 5.02. The summed E-state index contributed by atoms with van der Waals surface area (Å²) in [5.41, 5.74) is 0.979. The second-order valence-corrected chi connectivity index (χ2v) is 6.24. The normalized spacial score (nSPS) is 10.8. The first-order chi connectivity index (χ1) is 9.78. The van der Waals surface area contributed by atoms with Gasteiger partial charge in [0.05, 0.1) is 26.6 Å². The molecule has 0 aliphatic rings. The first kappa shape index (κ1) is 13.2. The molecule has 2 heterocycles. The Balaban J connectivity index is 1.87. The van der Waals surface area contributed by atoms with Gasteiger partial charge in [0.2, 0.25) is 0 Å². The van der Waals surface area contributed by atoms with E-state index < -0.39 is 0 Å². The molecule has 6 heteroatoms. The van der Waals surface area contributed by atoms with Crippen LogP contribution in [0.15, 0.2) is 36.4 Å². The molecule has 0 aliphatic heterocycles. The molecule has 0 atom stereocenters. The molecule has 3 rings (SSSR count). The van der Waals surface area contributed by atoms with Gasteiger partial charge >= 0.3 is 0 Å². The predicted molar refractivity (Wildman–Crippen MR) is 82.4 cm³/mol. The molecule has 1 aromatic carbocycles. The molecular formula is C14H12N2O2S2. The highest BCUT2D eigenvalue weighted by Crippen LogP contribution is 2.34. The lowest BCUT2D eigenvalue weighted by Crippen LogP contribution is -2.25. The third-order valence-electron chi connectivity index (χ3n) is 2.73. The van der Waals surface area contributed by atoms with Crippen molar-refractivity contribution in [2.75, 3.05) is 13.2 Å². The number of fused-ring (bicyclic) bond motifs is 1. The molecule has 0 unspecified atom stereocenters. The Bertz CT molecular complexity index is 715. The van der Waals surface area contributed by atoms with E-state index in [1.165, 1.54) is 11.3 Å². The SMILES string of the molecule is O=C(NCCO)c1ccc(-c2nc3ccccc3s2)s1. The van der Waals surface area contributed by atoms with Gasteiger partial charge in [-0.1, -0.05) is 12.1 Å². The lowest BCUT2D eigenvalue weighted by molar-refractivity contribution is 0.0949. The quantitative estimate of drug-likeness (QED) is 0.779. The van der Waals surface area contributed by atoms with Crippen LogP contribution in [0.1, 0.15) is 9.67 Å². The molecule has 0 fully saturated rings. The summed E-state index contributed by atoms with van der Waals surface area (Å²) in [4.78, 5) is 18.0. The molecule has 102 valence electrons. The Morgan fingerprint density at radius 2 is 2.05 bits per heavy atom. The monoisotopic (exact) mass is 304 g/mol. The summed E-state index contributed by atoms with van der Waals surface area (Å²) in [6.45, 7) is 0.217. The minimum absolute atomic E-state index is 0.0537. The van der Waals surface area contributed by atoms with E-state index in [2.05, 4.69) is 10.3 Å². The lowest BCUT2D eigenvalue weighted by Gasteiger charge is -1.98. The number of carbonyl (C=O) groups excluding carboxylic acids is 1. The van der Waals surface area contributed by atoms with Crippen LogP contribution in [0.4, 0.5) is 0 Å². The zero-order chi connectivity index (χ0) is 13.9. The number of benzene rings is 1. The number of thiophene rings is 1. The highest BCUT2D eigenvalue weighted by atomic mass is 32.1. The van der Waals surface area contributed by atoms with Crippen LogP contribution in [0.5, 0.6) is 0 Å². The number of aromatic nitrogens is 1. The smallest absolute Gasteiger partial charge is 0.261 e. The zero-order valence-corrected chi connectivity index (χ0v) is 12.1. The summed E-state index contributed by atoms with van der Waals surface area (Å²) in [5, 5.41) is 12.3. The molecule has 3 aromatic rings. The van der Waals surface area contributed by atoms with Crippen LogP contribution >= 0.6 is 22.7 Å². The molecule has 1 amide bonds. The number of nitrogens with zero attached hydrogens (tertiary/aromatic N) is 1. The molecule has 2 N–H and O–H groups in total. The summed E-state index contributed by atoms with van der Waals surface area (Å²) in [5.74, 6) is -0.156. The van der Waals surface area contributed by atoms with Crippen LogP contribution in [0.25, 0.3) is 20.1 Å². The summed E-state index contributed by atoms with van der Waals surface area (Å²) >= 11 is 3.03. The zero-order valence-electron chi connectivity index (χ0n) is 10.5. The molecule has 0 bridgehead atoms. The van der Waals surface area contributed by atoms with Crippen molar-refractivity contribution in [3.63, 3.8) is 0 Å². The number of hydrogen-bond acceptors (Lipinski definition) is 5. The summed E-state index contributed by atoms with van der Waals surface area (Å²) in [6, 6.07) is 11.7. The van der Waals surface area contributed by atoms with Gasteiger partial charge in [-0.25, -0.2) is 4.98 Å². The van der Waals surface area contributed by atoms with Gasteiger partial charge in [-0.3, -0.25) is 4.79 Å². The number of carbonyl (C=O) groups is 1. The maximum atomic E-state index is 11.8. The van der Waals surface area contributed by atoms with Crippen molar-refractivity contribution in [3.8, 4) is 9.88 Å². The molecule has 0 spiro atoms. The van der Waals surface area contributed by atoms with E-state index in [0.717, 1.165) is 20.1 Å². The highest BCUT2D eigenvalue weighted by Gasteiger charge is 2.12. The van der Waals surface area contributed by atoms with E-state index in [0.29, 0.717) is 4.88 Å². The topological polar surface area (TPSA) is 62.2 Å². The van der Waals surface area contributed by atoms with Gasteiger partial charge in [0.15, 0.2) is 0 Å². The Kier molecular flexibility index (Phi) is 3.77. The maximum absolute atomic E-state index is 11.8. The second-order valence-electron chi connectivity index (χ2n) is 4.13. The van der Waals surface area contributed by atoms with Crippen LogP contribution in [-0.2, 0) is 0 Å². The third kappa shape index (κ3) is 2.58. The number of nitrogens with one attached hydrogen (secondary N) is 1. The van der Waals surface area contributed by atoms with Crippen molar-refractivity contribution in [1.29, 1.82) is 0 Å². The predicted octanol–water partition coefficient (Wildman–Crippen LogP) is 2.75. The molecule has 0 radical (unpaired) electrons. The van der Waals surface area contributed by atoms with Gasteiger partial charge in [-0.15, -0.1) is 22.7 Å². The van der Waals surface area contributed by atoms with E-state index in [1.54, 1.807) is 17.4 Å². The van der Waals surface area contributed by atoms with E-state index >= 15 is 0 Å². The van der Waals surface area contributed by atoms with E-state index in [1.807, 2.05) is 30.3 Å². The number of aliphatic hydroxyl groups excluding tert-OH is 1. The number of hydrogen-bond donors (Lipinski definition) is 2. The Hall–Kier alpha value is -1.76. The molecule has 0 saturated carbocycles. The lowest BCUT2D eigenvalue weighted by atomic mass is 10.3. The van der Waals surface area contributed by atoms with Gasteiger partial charge in [0, 0.05) is 6.54 Å². The van der Waals surface area contributed by atoms with Gasteiger partial charge in [-0.2, -0.15) is 0 Å². The Morgan fingerprint density at radius 1 is 1.20 bits per heavy atom. The number of aliphatic hydroxyl groups is 1. The molecule has 0 saturated heterocycles. The molecule has 2 aromatic heterocycles. The van der Waals surface area contributed by atoms with E-state index in [9.17, 15) is 4.79 Å². The number of amides is 1. The summed E-state index contributed by atoms with van der Waals surface area (Å²) < 4.78 is 1.14. The van der Waals surface area contributed by atoms with Crippen LogP contribution in [-0.4, -0.2) is 29.1 Å². The van der Waals surface area contributed by atoms with Gasteiger partial charge in [0.25, 0.3) is 5.91 Å². The van der Waals surface area contributed by atoms with Crippen LogP contribution in [0.3, 0.4) is 0 Å². The van der Waals surface area contributed by atoms with Crippen molar-refractivity contribution in [1.82, 2.24) is 10.3 Å². The average Bonchev–Trinajstić information content (AvgIpc) is 3.10. The number of para-hydroxylation sites is 1. The van der Waals surface area contributed by atoms with Crippen molar-refractivity contribution in [2.24, 2.45) is 0 Å². The first-order valence-electron chi connectivity index (χ1n) is 6.13. The number of rotatable bonds is 4. The molecule has 0 aliphatic carbocycles. The molecule has 4 nitrogen and oxygen atoms in total. The van der Waals surface area contributed by atoms with Crippen molar-refractivity contribution < 1.29 is 9.90 Å². The standard InChI is InChI=1S/C14H12N2O2S2/c17-8-7-15-13(18)11-5-6-12(19-11)14-16-9-3-1-2-4-10(9)20-14/h1-6,17H,7-8H2,(H,15,18). The number of thiazole rings is 1. The molecular weight excluding hydrogens is 292 g/mol. The Morgan fingerprint density at radius 3 is 2.85 bits per heavy atom. The summed E-state index contributed by atoms with van der Waals surface area (Å²) in [7, 11) is 0. The van der Waals surface area contributed by atoms with Crippen molar-refractivity contribution in [2.45, 2.75) is 0 Å². The first-order valence-corrected chi connectivity index (χ1v) is 7.76. The van der Waals surface area contributed by atoms with E-state index in [-0.39, 0.29) is 19.1 Å². The second kappa shape index (κ2) is 5.70. The minimum Gasteiger partial charge on any atom is -0.395 e. The minimum atomic E-state index is -0.156. The maximum Gasteiger partial charge on any atom is 0.261 e. The largest absolute Gasteiger partial charge is 0.395 e. The fraction of sp³-hybridized carbons (Fsp3) is 0.143. The summed E-state index contributed by atoms with van der Waals surface area (Å²) in [6.07, 6.45) is 0.